The number of anilines is 1. The first-order valence-corrected chi connectivity index (χ1v) is 5.30. The molecule has 0 radical (unpaired) electrons. The molecule has 1 N–H and O–H groups in total. The van der Waals surface area contributed by atoms with Crippen molar-refractivity contribution in [2.75, 3.05) is 32.6 Å². The van der Waals surface area contributed by atoms with Gasteiger partial charge in [0.05, 0.1) is 0 Å². The molecule has 0 bridgehead atoms. The average molecular weight is 222 g/mol. The smallest absolute Gasteiger partial charge is 0.321 e. The Kier molecular flexibility index (Phi) is 5.36. The summed E-state index contributed by atoms with van der Waals surface area (Å²) in [7, 11) is 3.43. The quantitative estimate of drug-likeness (QED) is 0.776. The standard InChI is InChI=1S/C12H18N2O2/c1-14(9-6-10-16-2)12(15)13-11-7-4-3-5-8-11/h3-5,7-8H,6,9-10H2,1-2H3,(H,13,15). The van der Waals surface area contributed by atoms with Crippen molar-refractivity contribution in [1.82, 2.24) is 4.90 Å². The van der Waals surface area contributed by atoms with Crippen molar-refractivity contribution in [3.63, 3.8) is 0 Å². The monoisotopic (exact) mass is 222 g/mol. The van der Waals surface area contributed by atoms with Crippen LogP contribution >= 0.6 is 0 Å². The Hall–Kier alpha value is -1.55. The van der Waals surface area contributed by atoms with E-state index in [-0.39, 0.29) is 6.03 Å². The number of carbonyl (C=O) groups excluding carboxylic acids is 1. The van der Waals surface area contributed by atoms with Crippen LogP contribution in [0.2, 0.25) is 0 Å². The molecule has 1 aromatic rings. The summed E-state index contributed by atoms with van der Waals surface area (Å²) in [6, 6.07) is 9.32. The van der Waals surface area contributed by atoms with E-state index in [4.69, 9.17) is 4.74 Å². The molecule has 0 aliphatic carbocycles. The molecule has 0 spiro atoms. The summed E-state index contributed by atoms with van der Waals surface area (Å²) in [5, 5.41) is 2.81. The predicted molar refractivity (Wildman–Crippen MR) is 64.6 cm³/mol. The molecule has 0 unspecified atom stereocenters. The van der Waals surface area contributed by atoms with Gasteiger partial charge in [-0.25, -0.2) is 4.79 Å². The van der Waals surface area contributed by atoms with Gasteiger partial charge in [-0.1, -0.05) is 18.2 Å². The molecule has 0 aliphatic rings. The first-order valence-electron chi connectivity index (χ1n) is 5.30. The van der Waals surface area contributed by atoms with Gasteiger partial charge in [-0.2, -0.15) is 0 Å². The number of carbonyl (C=O) groups is 1. The number of para-hydroxylation sites is 1. The summed E-state index contributed by atoms with van der Waals surface area (Å²) in [6.45, 7) is 1.36. The van der Waals surface area contributed by atoms with Gasteiger partial charge in [0, 0.05) is 33.0 Å². The lowest BCUT2D eigenvalue weighted by Crippen LogP contribution is -2.32. The Bertz CT molecular complexity index is 314. The molecule has 0 aromatic heterocycles. The van der Waals surface area contributed by atoms with Gasteiger partial charge in [0.15, 0.2) is 0 Å². The van der Waals surface area contributed by atoms with E-state index in [2.05, 4.69) is 5.32 Å². The third-order valence-electron chi connectivity index (χ3n) is 2.21. The summed E-state index contributed by atoms with van der Waals surface area (Å²) >= 11 is 0. The summed E-state index contributed by atoms with van der Waals surface area (Å²) < 4.78 is 4.93. The Morgan fingerprint density at radius 2 is 2.06 bits per heavy atom. The van der Waals surface area contributed by atoms with Crippen molar-refractivity contribution >= 4 is 11.7 Å². The van der Waals surface area contributed by atoms with Gasteiger partial charge in [0.25, 0.3) is 0 Å². The van der Waals surface area contributed by atoms with Crippen molar-refractivity contribution in [3.8, 4) is 0 Å². The fourth-order valence-electron chi connectivity index (χ4n) is 1.29. The lowest BCUT2D eigenvalue weighted by atomic mass is 10.3. The van der Waals surface area contributed by atoms with E-state index in [9.17, 15) is 4.79 Å². The Balaban J connectivity index is 2.34. The lowest BCUT2D eigenvalue weighted by Gasteiger charge is -2.17. The SMILES string of the molecule is COCCCN(C)C(=O)Nc1ccccc1. The number of hydrogen-bond donors (Lipinski definition) is 1. The molecule has 0 atom stereocenters. The van der Waals surface area contributed by atoms with Crippen LogP contribution < -0.4 is 5.32 Å². The molecule has 0 fully saturated rings. The van der Waals surface area contributed by atoms with Gasteiger partial charge in [-0.05, 0) is 18.6 Å². The van der Waals surface area contributed by atoms with E-state index in [0.29, 0.717) is 13.2 Å². The number of methoxy groups -OCH3 is 1. The zero-order valence-electron chi connectivity index (χ0n) is 9.77. The molecule has 2 amide bonds. The second-order valence-corrected chi connectivity index (χ2v) is 3.56. The van der Waals surface area contributed by atoms with E-state index in [1.54, 1.807) is 19.1 Å². The highest BCUT2D eigenvalue weighted by Gasteiger charge is 2.07. The molecule has 4 heteroatoms. The maximum atomic E-state index is 11.7. The van der Waals surface area contributed by atoms with Crippen LogP contribution in [0.15, 0.2) is 30.3 Å². The van der Waals surface area contributed by atoms with E-state index in [1.807, 2.05) is 30.3 Å². The van der Waals surface area contributed by atoms with Crippen LogP contribution in [0, 0.1) is 0 Å². The van der Waals surface area contributed by atoms with Crippen LogP contribution in [0.5, 0.6) is 0 Å². The second-order valence-electron chi connectivity index (χ2n) is 3.56. The maximum Gasteiger partial charge on any atom is 0.321 e. The van der Waals surface area contributed by atoms with Crippen molar-refractivity contribution in [1.29, 1.82) is 0 Å². The molecular formula is C12H18N2O2. The van der Waals surface area contributed by atoms with Crippen LogP contribution in [0.25, 0.3) is 0 Å². The first-order chi connectivity index (χ1) is 7.74. The number of urea groups is 1. The molecule has 0 aliphatic heterocycles. The Labute approximate surface area is 96.2 Å². The number of hydrogen-bond acceptors (Lipinski definition) is 2. The summed E-state index contributed by atoms with van der Waals surface area (Å²) in [4.78, 5) is 13.3. The molecule has 88 valence electrons. The number of benzene rings is 1. The number of amides is 2. The number of rotatable bonds is 5. The van der Waals surface area contributed by atoms with Crippen LogP contribution in [0.3, 0.4) is 0 Å². The maximum absolute atomic E-state index is 11.7. The molecule has 0 saturated heterocycles. The third-order valence-corrected chi connectivity index (χ3v) is 2.21. The van der Waals surface area contributed by atoms with Crippen LogP contribution in [0.4, 0.5) is 10.5 Å². The van der Waals surface area contributed by atoms with E-state index >= 15 is 0 Å². The summed E-state index contributed by atoms with van der Waals surface area (Å²) in [6.07, 6.45) is 0.842. The predicted octanol–water partition coefficient (Wildman–Crippen LogP) is 2.19. The van der Waals surface area contributed by atoms with Crippen molar-refractivity contribution in [2.45, 2.75) is 6.42 Å². The fraction of sp³-hybridized carbons (Fsp3) is 0.417. The van der Waals surface area contributed by atoms with E-state index < -0.39 is 0 Å². The highest BCUT2D eigenvalue weighted by atomic mass is 16.5. The van der Waals surface area contributed by atoms with Crippen molar-refractivity contribution < 1.29 is 9.53 Å². The van der Waals surface area contributed by atoms with Crippen molar-refractivity contribution in [2.24, 2.45) is 0 Å². The lowest BCUT2D eigenvalue weighted by molar-refractivity contribution is 0.179. The largest absolute Gasteiger partial charge is 0.385 e. The minimum Gasteiger partial charge on any atom is -0.385 e. The van der Waals surface area contributed by atoms with E-state index in [1.165, 1.54) is 0 Å². The van der Waals surface area contributed by atoms with Gasteiger partial charge in [0.2, 0.25) is 0 Å². The molecule has 0 saturated carbocycles. The van der Waals surface area contributed by atoms with Crippen LogP contribution in [0.1, 0.15) is 6.42 Å². The average Bonchev–Trinajstić information content (AvgIpc) is 2.30. The zero-order chi connectivity index (χ0) is 11.8. The number of nitrogens with one attached hydrogen (secondary N) is 1. The van der Waals surface area contributed by atoms with Crippen molar-refractivity contribution in [3.05, 3.63) is 30.3 Å². The molecular weight excluding hydrogens is 204 g/mol. The topological polar surface area (TPSA) is 41.6 Å². The minimum absolute atomic E-state index is 0.0951. The molecule has 16 heavy (non-hydrogen) atoms. The summed E-state index contributed by atoms with van der Waals surface area (Å²) in [5.41, 5.74) is 0.811. The normalized spacial score (nSPS) is 9.88. The van der Waals surface area contributed by atoms with Gasteiger partial charge < -0.3 is 15.0 Å². The number of ether oxygens (including phenoxy) is 1. The highest BCUT2D eigenvalue weighted by Crippen LogP contribution is 2.05. The molecule has 1 rings (SSSR count). The van der Waals surface area contributed by atoms with Crippen LogP contribution in [-0.4, -0.2) is 38.2 Å². The van der Waals surface area contributed by atoms with E-state index in [0.717, 1.165) is 12.1 Å². The molecule has 0 heterocycles. The summed E-state index contributed by atoms with van der Waals surface area (Å²) in [5.74, 6) is 0. The molecule has 4 nitrogen and oxygen atoms in total. The second kappa shape index (κ2) is 6.85. The first kappa shape index (κ1) is 12.5. The van der Waals surface area contributed by atoms with Gasteiger partial charge >= 0.3 is 6.03 Å². The van der Waals surface area contributed by atoms with Crippen LogP contribution in [-0.2, 0) is 4.74 Å². The van der Waals surface area contributed by atoms with Gasteiger partial charge in [-0.15, -0.1) is 0 Å². The molecule has 1 aromatic carbocycles. The van der Waals surface area contributed by atoms with Gasteiger partial charge in [0.1, 0.15) is 0 Å². The highest BCUT2D eigenvalue weighted by molar-refractivity contribution is 5.89. The third kappa shape index (κ3) is 4.31. The fourth-order valence-corrected chi connectivity index (χ4v) is 1.29. The Morgan fingerprint density at radius 3 is 2.69 bits per heavy atom. The number of nitrogens with zero attached hydrogens (tertiary/aromatic N) is 1. The minimum atomic E-state index is -0.0951. The zero-order valence-corrected chi connectivity index (χ0v) is 9.77. The van der Waals surface area contributed by atoms with Gasteiger partial charge in [-0.3, -0.25) is 0 Å². The Morgan fingerprint density at radius 1 is 1.38 bits per heavy atom.